The van der Waals surface area contributed by atoms with Crippen LogP contribution in [0.25, 0.3) is 0 Å². The van der Waals surface area contributed by atoms with Gasteiger partial charge in [-0.2, -0.15) is 0 Å². The van der Waals surface area contributed by atoms with Gasteiger partial charge in [0.15, 0.2) is 5.79 Å². The van der Waals surface area contributed by atoms with E-state index in [1.54, 1.807) is 24.7 Å². The van der Waals surface area contributed by atoms with Crippen molar-refractivity contribution < 1.29 is 18.6 Å². The molecule has 158 valence electrons. The van der Waals surface area contributed by atoms with Crippen LogP contribution in [0.4, 0.5) is 4.39 Å². The molecule has 1 fully saturated rings. The van der Waals surface area contributed by atoms with Crippen LogP contribution in [0.15, 0.2) is 61.2 Å². The molecule has 5 nitrogen and oxygen atoms in total. The summed E-state index contributed by atoms with van der Waals surface area (Å²) in [6.07, 6.45) is 6.60. The molecule has 0 amide bonds. The van der Waals surface area contributed by atoms with Gasteiger partial charge < -0.3 is 18.8 Å². The number of halogens is 1. The third-order valence-corrected chi connectivity index (χ3v) is 5.43. The summed E-state index contributed by atoms with van der Waals surface area (Å²) >= 11 is 0. The monoisotopic (exact) mass is 410 g/mol. The second kappa shape index (κ2) is 8.98. The number of hydrogen-bond donors (Lipinski definition) is 0. The fourth-order valence-electron chi connectivity index (χ4n) is 3.84. The molecule has 2 heterocycles. The topological polar surface area (TPSA) is 45.5 Å². The Bertz CT molecular complexity index is 939. The van der Waals surface area contributed by atoms with Crippen molar-refractivity contribution in [2.75, 3.05) is 13.2 Å². The standard InChI is InChI=1S/C24H27FN2O3/c1-18-4-3-5-19(2)23(18)28-14-22-15-29-24(30-22,16-27-13-12-26-17-27)11-10-20-6-8-21(25)9-7-20/h3-9,12-13,17,22H,10-11,14-16H2,1-2H3. The predicted molar refractivity (Wildman–Crippen MR) is 112 cm³/mol. The van der Waals surface area contributed by atoms with Crippen LogP contribution in [-0.4, -0.2) is 34.7 Å². The van der Waals surface area contributed by atoms with E-state index in [9.17, 15) is 4.39 Å². The Labute approximate surface area is 176 Å². The fraction of sp³-hybridized carbons (Fsp3) is 0.375. The van der Waals surface area contributed by atoms with Gasteiger partial charge in [-0.1, -0.05) is 30.3 Å². The summed E-state index contributed by atoms with van der Waals surface area (Å²) in [5.41, 5.74) is 3.26. The lowest BCUT2D eigenvalue weighted by molar-refractivity contribution is -0.184. The Morgan fingerprint density at radius 3 is 2.63 bits per heavy atom. The van der Waals surface area contributed by atoms with E-state index in [0.29, 0.717) is 26.2 Å². The fourth-order valence-corrected chi connectivity index (χ4v) is 3.84. The highest BCUT2D eigenvalue weighted by Crippen LogP contribution is 2.32. The molecule has 30 heavy (non-hydrogen) atoms. The van der Waals surface area contributed by atoms with Crippen molar-refractivity contribution in [1.29, 1.82) is 0 Å². The largest absolute Gasteiger partial charge is 0.490 e. The van der Waals surface area contributed by atoms with Gasteiger partial charge in [-0.3, -0.25) is 0 Å². The van der Waals surface area contributed by atoms with Gasteiger partial charge in [0.25, 0.3) is 0 Å². The minimum absolute atomic E-state index is 0.166. The smallest absolute Gasteiger partial charge is 0.187 e. The number of nitrogens with zero attached hydrogens (tertiary/aromatic N) is 2. The van der Waals surface area contributed by atoms with Crippen LogP contribution >= 0.6 is 0 Å². The molecule has 1 aromatic heterocycles. The molecule has 0 radical (unpaired) electrons. The van der Waals surface area contributed by atoms with E-state index in [2.05, 4.69) is 4.98 Å². The zero-order chi connectivity index (χ0) is 21.0. The maximum absolute atomic E-state index is 13.2. The van der Waals surface area contributed by atoms with Gasteiger partial charge in [0.1, 0.15) is 24.3 Å². The molecule has 6 heteroatoms. The summed E-state index contributed by atoms with van der Waals surface area (Å²) in [4.78, 5) is 4.12. The lowest BCUT2D eigenvalue weighted by Crippen LogP contribution is -2.37. The minimum Gasteiger partial charge on any atom is -0.490 e. The molecule has 2 unspecified atom stereocenters. The molecule has 0 bridgehead atoms. The molecule has 3 aromatic rings. The number of ether oxygens (including phenoxy) is 3. The number of benzene rings is 2. The van der Waals surface area contributed by atoms with Crippen LogP contribution in [0.2, 0.25) is 0 Å². The van der Waals surface area contributed by atoms with E-state index in [0.717, 1.165) is 28.9 Å². The zero-order valence-corrected chi connectivity index (χ0v) is 17.4. The Hall–Kier alpha value is -2.70. The average molecular weight is 410 g/mol. The van der Waals surface area contributed by atoms with Crippen LogP contribution in [0.5, 0.6) is 5.75 Å². The molecule has 2 atom stereocenters. The molecule has 0 spiro atoms. The molecule has 4 rings (SSSR count). The SMILES string of the molecule is Cc1cccc(C)c1OCC1COC(CCc2ccc(F)cc2)(Cn2ccnc2)O1. The maximum Gasteiger partial charge on any atom is 0.187 e. The van der Waals surface area contributed by atoms with Crippen LogP contribution < -0.4 is 4.74 Å². The minimum atomic E-state index is -0.774. The number of aromatic nitrogens is 2. The quantitative estimate of drug-likeness (QED) is 0.550. The Balaban J connectivity index is 1.43. The van der Waals surface area contributed by atoms with E-state index in [-0.39, 0.29) is 11.9 Å². The van der Waals surface area contributed by atoms with E-state index in [1.165, 1.54) is 12.1 Å². The van der Waals surface area contributed by atoms with E-state index in [1.807, 2.05) is 42.8 Å². The van der Waals surface area contributed by atoms with E-state index < -0.39 is 5.79 Å². The van der Waals surface area contributed by atoms with Crippen molar-refractivity contribution in [1.82, 2.24) is 9.55 Å². The predicted octanol–water partition coefficient (Wildman–Crippen LogP) is 4.46. The van der Waals surface area contributed by atoms with Crippen LogP contribution in [0, 0.1) is 19.7 Å². The normalized spacial score (nSPS) is 21.1. The van der Waals surface area contributed by atoms with Crippen molar-refractivity contribution >= 4 is 0 Å². The van der Waals surface area contributed by atoms with Gasteiger partial charge in [-0.25, -0.2) is 9.37 Å². The van der Waals surface area contributed by atoms with Crippen molar-refractivity contribution in [2.24, 2.45) is 0 Å². The summed E-state index contributed by atoms with van der Waals surface area (Å²) < 4.78 is 33.9. The van der Waals surface area contributed by atoms with Crippen LogP contribution in [0.3, 0.4) is 0 Å². The second-order valence-electron chi connectivity index (χ2n) is 7.85. The molecule has 0 N–H and O–H groups in total. The lowest BCUT2D eigenvalue weighted by atomic mass is 10.0. The summed E-state index contributed by atoms with van der Waals surface area (Å²) in [6, 6.07) is 12.7. The number of para-hydroxylation sites is 1. The van der Waals surface area contributed by atoms with Crippen molar-refractivity contribution in [3.63, 3.8) is 0 Å². The van der Waals surface area contributed by atoms with Gasteiger partial charge in [0.2, 0.25) is 0 Å². The molecule has 1 aliphatic rings. The molecule has 1 saturated heterocycles. The van der Waals surface area contributed by atoms with E-state index in [4.69, 9.17) is 14.2 Å². The highest BCUT2D eigenvalue weighted by Gasteiger charge is 2.42. The number of aryl methyl sites for hydroxylation is 3. The first-order valence-corrected chi connectivity index (χ1v) is 10.2. The zero-order valence-electron chi connectivity index (χ0n) is 17.4. The van der Waals surface area contributed by atoms with Crippen molar-refractivity contribution in [3.05, 3.63) is 83.7 Å². The van der Waals surface area contributed by atoms with Crippen molar-refractivity contribution in [3.8, 4) is 5.75 Å². The Kier molecular flexibility index (Phi) is 6.16. The molecule has 0 aliphatic carbocycles. The molecule has 0 saturated carbocycles. The third kappa shape index (κ3) is 4.89. The Morgan fingerprint density at radius 2 is 1.93 bits per heavy atom. The van der Waals surface area contributed by atoms with Crippen LogP contribution in [-0.2, 0) is 22.4 Å². The molecule has 2 aromatic carbocycles. The first-order valence-electron chi connectivity index (χ1n) is 10.2. The summed E-state index contributed by atoms with van der Waals surface area (Å²) in [5.74, 6) is -0.104. The molecular formula is C24H27FN2O3. The number of imidazole rings is 1. The highest BCUT2D eigenvalue weighted by atomic mass is 19.1. The lowest BCUT2D eigenvalue weighted by Gasteiger charge is -2.28. The molecule has 1 aliphatic heterocycles. The summed E-state index contributed by atoms with van der Waals surface area (Å²) in [5, 5.41) is 0. The number of hydrogen-bond acceptors (Lipinski definition) is 4. The summed E-state index contributed by atoms with van der Waals surface area (Å²) in [6.45, 7) is 5.51. The second-order valence-corrected chi connectivity index (χ2v) is 7.85. The van der Waals surface area contributed by atoms with Gasteiger partial charge in [-0.15, -0.1) is 0 Å². The van der Waals surface area contributed by atoms with E-state index >= 15 is 0 Å². The average Bonchev–Trinajstić information content (AvgIpc) is 3.38. The third-order valence-electron chi connectivity index (χ3n) is 5.43. The first-order chi connectivity index (χ1) is 14.5. The van der Waals surface area contributed by atoms with Gasteiger partial charge in [-0.05, 0) is 49.1 Å². The molecular weight excluding hydrogens is 383 g/mol. The van der Waals surface area contributed by atoms with Crippen LogP contribution in [0.1, 0.15) is 23.1 Å². The van der Waals surface area contributed by atoms with Gasteiger partial charge in [0.05, 0.1) is 19.5 Å². The van der Waals surface area contributed by atoms with Gasteiger partial charge >= 0.3 is 0 Å². The van der Waals surface area contributed by atoms with Crippen molar-refractivity contribution in [2.45, 2.75) is 45.1 Å². The highest BCUT2D eigenvalue weighted by molar-refractivity contribution is 5.39. The number of rotatable bonds is 8. The van der Waals surface area contributed by atoms with Gasteiger partial charge in [0, 0.05) is 18.8 Å². The first kappa shape index (κ1) is 20.6. The summed E-state index contributed by atoms with van der Waals surface area (Å²) in [7, 11) is 0. The maximum atomic E-state index is 13.2. The Morgan fingerprint density at radius 1 is 1.17 bits per heavy atom.